The molecule has 0 N–H and O–H groups in total. The Bertz CT molecular complexity index is 1720. The zero-order valence-corrected chi connectivity index (χ0v) is 23.8. The Morgan fingerprint density at radius 3 is 1.36 bits per heavy atom. The third-order valence-electron chi connectivity index (χ3n) is 8.19. The van der Waals surface area contributed by atoms with Crippen molar-refractivity contribution in [1.29, 1.82) is 0 Å². The largest absolute Gasteiger partial charge is 0.308 e. The van der Waals surface area contributed by atoms with Crippen LogP contribution in [0.5, 0.6) is 0 Å². The molecule has 7 rings (SSSR count). The fourth-order valence-corrected chi connectivity index (χ4v) is 12.3. The van der Waals surface area contributed by atoms with Crippen LogP contribution in [0.1, 0.15) is 25.0 Å². The van der Waals surface area contributed by atoms with Crippen LogP contribution >= 0.6 is 14.3 Å². The average molecular weight is 546 g/mol. The van der Waals surface area contributed by atoms with Crippen LogP contribution in [0.3, 0.4) is 0 Å². The number of rotatable bonds is 4. The summed E-state index contributed by atoms with van der Waals surface area (Å²) in [4.78, 5) is 2.26. The maximum absolute atomic E-state index is 15.6. The fourth-order valence-electron chi connectivity index (χ4n) is 6.19. The van der Waals surface area contributed by atoms with E-state index < -0.39 is 14.3 Å². The van der Waals surface area contributed by atoms with Gasteiger partial charge in [-0.2, -0.15) is 0 Å². The molecule has 0 radical (unpaired) electrons. The minimum Gasteiger partial charge on any atom is -0.308 e. The first-order chi connectivity index (χ1) is 19.0. The van der Waals surface area contributed by atoms with E-state index >= 15 is 9.13 Å². The van der Waals surface area contributed by atoms with Gasteiger partial charge in [0.05, 0.1) is 17.1 Å². The number of aryl methyl sites for hydroxylation is 2. The first kappa shape index (κ1) is 24.4. The lowest BCUT2D eigenvalue weighted by atomic mass is 10.1. The molecule has 5 aromatic carbocycles. The average Bonchev–Trinajstić information content (AvgIpc) is 3.01. The van der Waals surface area contributed by atoms with Crippen molar-refractivity contribution in [2.24, 2.45) is 0 Å². The van der Waals surface area contributed by atoms with E-state index in [1.165, 1.54) is 11.1 Å². The van der Waals surface area contributed by atoms with E-state index in [-0.39, 0.29) is 0 Å². The Morgan fingerprint density at radius 2 is 0.949 bits per heavy atom. The minimum atomic E-state index is -3.26. The van der Waals surface area contributed by atoms with Crippen LogP contribution in [0.25, 0.3) is 0 Å². The Labute approximate surface area is 229 Å². The molecule has 39 heavy (non-hydrogen) atoms. The molecular formula is C34H29NO2P2. The molecule has 5 aromatic rings. The van der Waals surface area contributed by atoms with Crippen molar-refractivity contribution in [1.82, 2.24) is 0 Å². The normalized spacial score (nSPS) is 20.6. The SMILES string of the molecule is CCc1ccc2c(c1)N1c3cc(CC)ccc3P(=O)(c3ccccc3)c3cccc(c31)P2(=O)c1ccccc1. The van der Waals surface area contributed by atoms with Gasteiger partial charge in [-0.1, -0.05) is 92.7 Å². The zero-order chi connectivity index (χ0) is 26.8. The van der Waals surface area contributed by atoms with Crippen molar-refractivity contribution in [3.05, 3.63) is 126 Å². The molecule has 0 saturated heterocycles. The van der Waals surface area contributed by atoms with Gasteiger partial charge < -0.3 is 14.0 Å². The van der Waals surface area contributed by atoms with Crippen LogP contribution in [0.4, 0.5) is 17.1 Å². The minimum absolute atomic E-state index is 0.756. The number of nitrogens with zero attached hydrogens (tertiary/aromatic N) is 1. The summed E-state index contributed by atoms with van der Waals surface area (Å²) >= 11 is 0. The third kappa shape index (κ3) is 3.30. The number of anilines is 3. The zero-order valence-electron chi connectivity index (χ0n) is 22.0. The lowest BCUT2D eigenvalue weighted by Gasteiger charge is -2.44. The fraction of sp³-hybridized carbons (Fsp3) is 0.118. The summed E-state index contributed by atoms with van der Waals surface area (Å²) in [6, 6.07) is 38.2. The van der Waals surface area contributed by atoms with Crippen LogP contribution in [0, 0.1) is 0 Å². The van der Waals surface area contributed by atoms with Crippen LogP contribution in [0.2, 0.25) is 0 Å². The number of hydrogen-bond acceptors (Lipinski definition) is 3. The third-order valence-corrected chi connectivity index (χ3v) is 14.4. The molecule has 2 atom stereocenters. The second-order valence-electron chi connectivity index (χ2n) is 10.2. The highest BCUT2D eigenvalue weighted by molar-refractivity contribution is 7.88. The molecular weight excluding hydrogens is 516 g/mol. The number of benzene rings is 5. The van der Waals surface area contributed by atoms with Gasteiger partial charge >= 0.3 is 0 Å². The van der Waals surface area contributed by atoms with E-state index in [0.29, 0.717) is 0 Å². The highest BCUT2D eigenvalue weighted by atomic mass is 31.2. The summed E-state index contributed by atoms with van der Waals surface area (Å²) in [6.07, 6.45) is 1.74. The molecule has 0 aromatic heterocycles. The van der Waals surface area contributed by atoms with Crippen LogP contribution < -0.4 is 36.7 Å². The van der Waals surface area contributed by atoms with E-state index in [0.717, 1.165) is 61.7 Å². The van der Waals surface area contributed by atoms with Gasteiger partial charge in [-0.3, -0.25) is 0 Å². The van der Waals surface area contributed by atoms with Gasteiger partial charge in [-0.15, -0.1) is 0 Å². The topological polar surface area (TPSA) is 37.4 Å². The van der Waals surface area contributed by atoms with E-state index in [9.17, 15) is 0 Å². The predicted molar refractivity (Wildman–Crippen MR) is 166 cm³/mol. The summed E-state index contributed by atoms with van der Waals surface area (Å²) in [7, 11) is -6.52. The second kappa shape index (κ2) is 8.95. The predicted octanol–water partition coefficient (Wildman–Crippen LogP) is 6.19. The molecule has 192 valence electrons. The maximum Gasteiger partial charge on any atom is 0.175 e. The quantitative estimate of drug-likeness (QED) is 0.248. The summed E-state index contributed by atoms with van der Waals surface area (Å²) in [5.74, 6) is 0. The number of para-hydroxylation sites is 1. The van der Waals surface area contributed by atoms with Crippen LogP contribution in [-0.2, 0) is 22.0 Å². The molecule has 2 aliphatic rings. The van der Waals surface area contributed by atoms with E-state index in [4.69, 9.17) is 0 Å². The lowest BCUT2D eigenvalue weighted by molar-refractivity contribution is 0.592. The highest BCUT2D eigenvalue weighted by Gasteiger charge is 2.49. The monoisotopic (exact) mass is 545 g/mol. The van der Waals surface area contributed by atoms with Gasteiger partial charge in [0.25, 0.3) is 0 Å². The molecule has 5 heteroatoms. The molecule has 0 amide bonds. The summed E-state index contributed by atoms with van der Waals surface area (Å²) < 4.78 is 31.2. The summed E-state index contributed by atoms with van der Waals surface area (Å²) in [5.41, 5.74) is 5.03. The van der Waals surface area contributed by atoms with Crippen molar-refractivity contribution >= 4 is 63.2 Å². The Kier molecular flexibility index (Phi) is 5.60. The highest BCUT2D eigenvalue weighted by Crippen LogP contribution is 2.60. The maximum atomic E-state index is 15.6. The second-order valence-corrected chi connectivity index (χ2v) is 15.6. The molecule has 0 aliphatic carbocycles. The molecule has 0 saturated carbocycles. The first-order valence-electron chi connectivity index (χ1n) is 13.5. The number of fused-ring (bicyclic) bond motifs is 4. The molecule has 2 unspecified atom stereocenters. The van der Waals surface area contributed by atoms with E-state index in [1.54, 1.807) is 0 Å². The Balaban J connectivity index is 1.67. The van der Waals surface area contributed by atoms with Crippen molar-refractivity contribution < 1.29 is 9.13 Å². The molecule has 3 nitrogen and oxygen atoms in total. The lowest BCUT2D eigenvalue weighted by Crippen LogP contribution is -2.45. The Morgan fingerprint density at radius 1 is 0.513 bits per heavy atom. The first-order valence-corrected chi connectivity index (χ1v) is 17.0. The van der Waals surface area contributed by atoms with Crippen molar-refractivity contribution in [3.8, 4) is 0 Å². The molecule has 0 spiro atoms. The van der Waals surface area contributed by atoms with Crippen molar-refractivity contribution in [2.75, 3.05) is 4.90 Å². The van der Waals surface area contributed by atoms with Gasteiger partial charge in [0.1, 0.15) is 0 Å². The molecule has 2 heterocycles. The van der Waals surface area contributed by atoms with Gasteiger partial charge in [-0.05, 0) is 60.4 Å². The van der Waals surface area contributed by atoms with Crippen LogP contribution in [0.15, 0.2) is 115 Å². The summed E-state index contributed by atoms with van der Waals surface area (Å²) in [6.45, 7) is 4.29. The van der Waals surface area contributed by atoms with Gasteiger partial charge in [0.2, 0.25) is 0 Å². The number of hydrogen-bond donors (Lipinski definition) is 0. The summed E-state index contributed by atoms with van der Waals surface area (Å²) in [5, 5.41) is 4.77. The van der Waals surface area contributed by atoms with Crippen molar-refractivity contribution in [3.63, 3.8) is 0 Å². The standard InChI is InChI=1S/C34H29NO2P2/c1-3-24-18-20-30-28(22-24)35-29-23-25(4-2)19-21-31(29)39(37,27-14-9-6-10-15-27)33-17-11-16-32(34(33)35)38(30,36)26-12-7-5-8-13-26/h5-23H,3-4H2,1-2H3. The molecule has 2 aliphatic heterocycles. The van der Waals surface area contributed by atoms with Gasteiger partial charge in [0.15, 0.2) is 14.3 Å². The van der Waals surface area contributed by atoms with Gasteiger partial charge in [0, 0.05) is 31.8 Å². The molecule has 0 fully saturated rings. The van der Waals surface area contributed by atoms with E-state index in [1.807, 2.05) is 78.9 Å². The molecule has 0 bridgehead atoms. The van der Waals surface area contributed by atoms with Crippen molar-refractivity contribution in [2.45, 2.75) is 26.7 Å². The smallest absolute Gasteiger partial charge is 0.175 e. The van der Waals surface area contributed by atoms with E-state index in [2.05, 4.69) is 55.1 Å². The van der Waals surface area contributed by atoms with Gasteiger partial charge in [-0.25, -0.2) is 0 Å². The van der Waals surface area contributed by atoms with Crippen LogP contribution in [-0.4, -0.2) is 0 Å². The Hall–Kier alpha value is -3.64.